The van der Waals surface area contributed by atoms with Gasteiger partial charge in [-0.15, -0.1) is 9.24 Å². The van der Waals surface area contributed by atoms with Gasteiger partial charge in [-0.25, -0.2) is 0 Å². The second-order valence-corrected chi connectivity index (χ2v) is 7.35. The van der Waals surface area contributed by atoms with Crippen molar-refractivity contribution in [3.63, 3.8) is 0 Å². The molecule has 1 aliphatic heterocycles. The van der Waals surface area contributed by atoms with Gasteiger partial charge in [0.25, 0.3) is 0 Å². The van der Waals surface area contributed by atoms with E-state index in [4.69, 9.17) is 5.41 Å². The number of Topliss-reactive ketones (excluding diaryl/α,β-unsaturated/α-hetero) is 1. The van der Waals surface area contributed by atoms with Crippen molar-refractivity contribution in [1.29, 1.82) is 10.7 Å². The smallest absolute Gasteiger partial charge is 0.182 e. The number of hydrogen-bond donors (Lipinski definition) is 1. The second kappa shape index (κ2) is 4.87. The molecule has 0 spiro atoms. The molecule has 0 saturated carbocycles. The first-order valence-electron chi connectivity index (χ1n) is 7.25. The summed E-state index contributed by atoms with van der Waals surface area (Å²) in [6.45, 7) is 4.14. The van der Waals surface area contributed by atoms with Gasteiger partial charge in [-0.1, -0.05) is 6.08 Å². The van der Waals surface area contributed by atoms with Gasteiger partial charge in [-0.3, -0.25) is 14.9 Å². The van der Waals surface area contributed by atoms with Crippen molar-refractivity contribution < 1.29 is 4.79 Å². The minimum Gasteiger partial charge on any atom is -0.322 e. The van der Waals surface area contributed by atoms with Gasteiger partial charge >= 0.3 is 0 Å². The van der Waals surface area contributed by atoms with Crippen LogP contribution in [0.5, 0.6) is 0 Å². The Morgan fingerprint density at radius 1 is 1.48 bits per heavy atom. The van der Waals surface area contributed by atoms with E-state index in [2.05, 4.69) is 14.3 Å². The van der Waals surface area contributed by atoms with Crippen molar-refractivity contribution in [2.75, 3.05) is 11.4 Å². The van der Waals surface area contributed by atoms with Gasteiger partial charge in [0.1, 0.15) is 11.9 Å². The summed E-state index contributed by atoms with van der Waals surface area (Å²) in [5.74, 6) is 0.133. The molecular weight excluding hydrogens is 309 g/mol. The Balaban J connectivity index is 2.16. The number of carbonyl (C=O) groups excluding carboxylic acids is 1. The van der Waals surface area contributed by atoms with Crippen molar-refractivity contribution in [3.8, 4) is 6.07 Å². The summed E-state index contributed by atoms with van der Waals surface area (Å²) in [5.41, 5.74) is 0.981. The Kier molecular flexibility index (Phi) is 3.31. The third kappa shape index (κ3) is 2.08. The molecule has 118 valence electrons. The van der Waals surface area contributed by atoms with Gasteiger partial charge < -0.3 is 4.90 Å². The molecule has 1 aliphatic carbocycles. The number of aromatic nitrogens is 2. The Labute approximate surface area is 137 Å². The van der Waals surface area contributed by atoms with Gasteiger partial charge in [-0.2, -0.15) is 10.4 Å². The molecule has 0 aromatic carbocycles. The van der Waals surface area contributed by atoms with Gasteiger partial charge in [0.2, 0.25) is 0 Å². The van der Waals surface area contributed by atoms with Crippen LogP contribution < -0.4 is 4.90 Å². The summed E-state index contributed by atoms with van der Waals surface area (Å²) in [6, 6.07) is 1.99. The highest BCUT2D eigenvalue weighted by Crippen LogP contribution is 2.50. The number of rotatable bonds is 1. The maximum absolute atomic E-state index is 12.5. The number of hydrogen-bond acceptors (Lipinski definition) is 4. The van der Waals surface area contributed by atoms with E-state index in [9.17, 15) is 10.1 Å². The van der Waals surface area contributed by atoms with E-state index in [1.807, 2.05) is 44.1 Å². The zero-order chi connectivity index (χ0) is 17.0. The number of nitriles is 1. The Hall–Kier alpha value is -2.25. The molecule has 1 N–H and O–H groups in total. The Morgan fingerprint density at radius 2 is 2.17 bits per heavy atom. The average molecular weight is 327 g/mol. The van der Waals surface area contributed by atoms with Gasteiger partial charge in [0.15, 0.2) is 5.78 Å². The molecule has 0 radical (unpaired) electrons. The Bertz CT molecular complexity index is 826. The van der Waals surface area contributed by atoms with Crippen LogP contribution in [0.3, 0.4) is 0 Å². The molecule has 7 heteroatoms. The first-order chi connectivity index (χ1) is 10.7. The van der Waals surface area contributed by atoms with Gasteiger partial charge in [-0.05, 0) is 25.5 Å². The van der Waals surface area contributed by atoms with E-state index < -0.39 is 10.6 Å². The van der Waals surface area contributed by atoms with Crippen LogP contribution in [0.2, 0.25) is 0 Å². The lowest BCUT2D eigenvalue weighted by Gasteiger charge is -2.47. The number of ketones is 1. The van der Waals surface area contributed by atoms with E-state index >= 15 is 0 Å². The topological polar surface area (TPSA) is 85.8 Å². The number of nitrogens with one attached hydrogen (secondary N) is 1. The lowest BCUT2D eigenvalue weighted by molar-refractivity contribution is -0.121. The van der Waals surface area contributed by atoms with Crippen LogP contribution in [0.15, 0.2) is 35.7 Å². The number of fused-ring (bicyclic) bond motifs is 1. The lowest BCUT2D eigenvalue weighted by atomic mass is 9.65. The normalized spacial score (nSPS) is 26.3. The third-order valence-electron chi connectivity index (χ3n) is 4.57. The molecule has 2 aliphatic rings. The molecule has 1 aromatic heterocycles. The minimum absolute atomic E-state index is 0.111. The molecule has 0 bridgehead atoms. The third-order valence-corrected chi connectivity index (χ3v) is 5.32. The summed E-state index contributed by atoms with van der Waals surface area (Å²) in [7, 11) is 4.49. The highest BCUT2D eigenvalue weighted by Gasteiger charge is 2.52. The fourth-order valence-corrected chi connectivity index (χ4v) is 4.13. The molecule has 0 fully saturated rings. The van der Waals surface area contributed by atoms with E-state index in [-0.39, 0.29) is 11.4 Å². The van der Waals surface area contributed by atoms with E-state index in [1.54, 1.807) is 17.0 Å². The molecular formula is C16H18N5OP. The fourth-order valence-electron chi connectivity index (χ4n) is 3.33. The van der Waals surface area contributed by atoms with E-state index in [0.717, 1.165) is 11.3 Å². The van der Waals surface area contributed by atoms with E-state index in [1.165, 1.54) is 0 Å². The lowest BCUT2D eigenvalue weighted by Crippen LogP contribution is -2.55. The maximum atomic E-state index is 12.5. The predicted molar refractivity (Wildman–Crippen MR) is 91.3 cm³/mol. The highest BCUT2D eigenvalue weighted by molar-refractivity contribution is 7.22. The number of anilines is 1. The highest BCUT2D eigenvalue weighted by atomic mass is 31.0. The summed E-state index contributed by atoms with van der Waals surface area (Å²) >= 11 is 0. The quantitative estimate of drug-likeness (QED) is 0.630. The zero-order valence-electron chi connectivity index (χ0n) is 13.3. The molecule has 3 rings (SSSR count). The van der Waals surface area contributed by atoms with Crippen LogP contribution >= 0.6 is 9.24 Å². The second-order valence-electron chi connectivity index (χ2n) is 6.44. The van der Waals surface area contributed by atoms with Crippen molar-refractivity contribution >= 4 is 26.5 Å². The molecule has 0 saturated heterocycles. The van der Waals surface area contributed by atoms with Crippen molar-refractivity contribution in [3.05, 3.63) is 35.7 Å². The standard InChI is InChI=1S/C16H18N5OP/c1-15(2)12-4-5-21(11-8-19-20(3)9-11)14(18)16(12,23)6-10(7-17)13(15)22/h4,6,8-9,18H,5,23H2,1-3H3/t16-/m0/s1. The molecule has 0 amide bonds. The summed E-state index contributed by atoms with van der Waals surface area (Å²) in [4.78, 5) is 14.3. The number of nitrogens with zero attached hydrogens (tertiary/aromatic N) is 4. The average Bonchev–Trinajstić information content (AvgIpc) is 2.92. The molecule has 23 heavy (non-hydrogen) atoms. The van der Waals surface area contributed by atoms with Crippen LogP contribution in [0.25, 0.3) is 0 Å². The van der Waals surface area contributed by atoms with Crippen molar-refractivity contribution in [2.45, 2.75) is 19.0 Å². The monoisotopic (exact) mass is 327 g/mol. The maximum Gasteiger partial charge on any atom is 0.182 e. The number of aryl methyl sites for hydroxylation is 1. The van der Waals surface area contributed by atoms with Crippen LogP contribution in [-0.4, -0.2) is 33.1 Å². The summed E-state index contributed by atoms with van der Waals surface area (Å²) in [6.07, 6.45) is 7.13. The van der Waals surface area contributed by atoms with Crippen molar-refractivity contribution in [1.82, 2.24) is 9.78 Å². The molecule has 6 nitrogen and oxygen atoms in total. The summed E-state index contributed by atoms with van der Waals surface area (Å²) in [5, 5.41) is 21.3. The number of amidine groups is 1. The first kappa shape index (κ1) is 15.6. The number of carbonyl (C=O) groups is 1. The van der Waals surface area contributed by atoms with Crippen LogP contribution in [0.1, 0.15) is 13.8 Å². The molecule has 1 aromatic rings. The predicted octanol–water partition coefficient (Wildman–Crippen LogP) is 1.82. The molecule has 2 heterocycles. The van der Waals surface area contributed by atoms with Crippen LogP contribution in [0.4, 0.5) is 5.69 Å². The largest absolute Gasteiger partial charge is 0.322 e. The van der Waals surface area contributed by atoms with E-state index in [0.29, 0.717) is 12.4 Å². The fraction of sp³-hybridized carbons (Fsp3) is 0.375. The molecule has 2 atom stereocenters. The van der Waals surface area contributed by atoms with Crippen molar-refractivity contribution in [2.24, 2.45) is 12.5 Å². The summed E-state index contributed by atoms with van der Waals surface area (Å²) < 4.78 is 1.68. The SMILES string of the molecule is Cn1cc(N2CC=C3C(C)(C)C(=O)C(C#N)=C[C@@]3(P)C2=N)cn1. The minimum atomic E-state index is -0.851. The zero-order valence-corrected chi connectivity index (χ0v) is 14.4. The molecule has 1 unspecified atom stereocenters. The van der Waals surface area contributed by atoms with Crippen LogP contribution in [-0.2, 0) is 11.8 Å². The first-order valence-corrected chi connectivity index (χ1v) is 7.82. The van der Waals surface area contributed by atoms with Gasteiger partial charge in [0, 0.05) is 19.8 Å². The van der Waals surface area contributed by atoms with Crippen LogP contribution in [0, 0.1) is 22.2 Å². The van der Waals surface area contributed by atoms with Gasteiger partial charge in [0.05, 0.1) is 28.0 Å². The number of allylic oxidation sites excluding steroid dienone is 1. The Morgan fingerprint density at radius 3 is 2.74 bits per heavy atom.